The van der Waals surface area contributed by atoms with E-state index in [0.29, 0.717) is 6.42 Å². The fraction of sp³-hybridized carbons (Fsp3) is 0.381. The number of benzene rings is 2. The van der Waals surface area contributed by atoms with E-state index in [1.807, 2.05) is 44.2 Å². The molecule has 0 aliphatic heterocycles. The lowest BCUT2D eigenvalue weighted by Crippen LogP contribution is -2.29. The fourth-order valence-electron chi connectivity index (χ4n) is 3.02. The summed E-state index contributed by atoms with van der Waals surface area (Å²) >= 11 is 0. The van der Waals surface area contributed by atoms with Crippen LogP contribution in [0.3, 0.4) is 0 Å². The molecule has 0 heterocycles. The molecule has 4 heteroatoms. The van der Waals surface area contributed by atoms with Crippen molar-refractivity contribution >= 4 is 5.91 Å². The van der Waals surface area contributed by atoms with E-state index >= 15 is 0 Å². The lowest BCUT2D eigenvalue weighted by Gasteiger charge is -2.19. The maximum Gasteiger partial charge on any atom is 0.224 e. The molecule has 25 heavy (non-hydrogen) atoms. The smallest absolute Gasteiger partial charge is 0.224 e. The van der Waals surface area contributed by atoms with Gasteiger partial charge >= 0.3 is 0 Å². The van der Waals surface area contributed by atoms with E-state index in [1.165, 1.54) is 0 Å². The van der Waals surface area contributed by atoms with E-state index < -0.39 is 0 Å². The average molecular weight is 341 g/mol. The van der Waals surface area contributed by atoms with Gasteiger partial charge in [-0.2, -0.15) is 0 Å². The zero-order valence-electron chi connectivity index (χ0n) is 15.7. The monoisotopic (exact) mass is 341 g/mol. The third-order valence-corrected chi connectivity index (χ3v) is 4.39. The molecule has 1 N–H and O–H groups in total. The molecule has 0 fully saturated rings. The molecule has 134 valence electrons. The number of carbonyl (C=O) groups excluding carboxylic acids is 1. The first-order valence-electron chi connectivity index (χ1n) is 8.55. The van der Waals surface area contributed by atoms with E-state index in [4.69, 9.17) is 9.47 Å². The van der Waals surface area contributed by atoms with E-state index in [1.54, 1.807) is 14.2 Å². The summed E-state index contributed by atoms with van der Waals surface area (Å²) in [5.74, 6) is 1.72. The van der Waals surface area contributed by atoms with Crippen LogP contribution in [0, 0.1) is 13.8 Å². The maximum atomic E-state index is 12.5. The molecule has 0 unspecified atom stereocenters. The second kappa shape index (κ2) is 8.56. The standard InChI is InChI=1S/C21H27NO3/c1-6-18(17-8-10-20(25-5)15(3)12-17)22-21(23)13-16-7-9-19(24-4)14(2)11-16/h7-12,18H,6,13H2,1-5H3,(H,22,23)/t18-/m0/s1. The maximum absolute atomic E-state index is 12.5. The van der Waals surface area contributed by atoms with E-state index in [-0.39, 0.29) is 11.9 Å². The van der Waals surface area contributed by atoms with Crippen LogP contribution >= 0.6 is 0 Å². The highest BCUT2D eigenvalue weighted by atomic mass is 16.5. The topological polar surface area (TPSA) is 47.6 Å². The molecule has 0 aromatic heterocycles. The number of rotatable bonds is 7. The first-order valence-corrected chi connectivity index (χ1v) is 8.55. The van der Waals surface area contributed by atoms with Gasteiger partial charge in [0.05, 0.1) is 26.7 Å². The second-order valence-corrected chi connectivity index (χ2v) is 6.24. The lowest BCUT2D eigenvalue weighted by molar-refractivity contribution is -0.121. The van der Waals surface area contributed by atoms with Crippen molar-refractivity contribution in [3.05, 3.63) is 58.7 Å². The highest BCUT2D eigenvalue weighted by Gasteiger charge is 2.14. The fourth-order valence-corrected chi connectivity index (χ4v) is 3.02. The molecule has 0 saturated carbocycles. The SMILES string of the molecule is CC[C@H](NC(=O)Cc1ccc(OC)c(C)c1)c1ccc(OC)c(C)c1. The molecule has 2 aromatic carbocycles. The molecule has 2 rings (SSSR count). The van der Waals surface area contributed by atoms with Crippen LogP contribution in [0.1, 0.15) is 41.6 Å². The minimum atomic E-state index is -0.00329. The zero-order chi connectivity index (χ0) is 18.4. The predicted molar refractivity (Wildman–Crippen MR) is 100 cm³/mol. The highest BCUT2D eigenvalue weighted by molar-refractivity contribution is 5.79. The largest absolute Gasteiger partial charge is 0.496 e. The van der Waals surface area contributed by atoms with Gasteiger partial charge in [0, 0.05) is 0 Å². The predicted octanol–water partition coefficient (Wildman–Crippen LogP) is 4.13. The Balaban J connectivity index is 2.07. The second-order valence-electron chi connectivity index (χ2n) is 6.24. The van der Waals surface area contributed by atoms with Crippen molar-refractivity contribution in [3.8, 4) is 11.5 Å². The molecule has 4 nitrogen and oxygen atoms in total. The van der Waals surface area contributed by atoms with Gasteiger partial charge in [-0.25, -0.2) is 0 Å². The summed E-state index contributed by atoms with van der Waals surface area (Å²) in [5, 5.41) is 3.13. The Morgan fingerprint density at radius 1 is 1.00 bits per heavy atom. The Bertz CT molecular complexity index is 740. The number of carbonyl (C=O) groups is 1. The lowest BCUT2D eigenvalue weighted by atomic mass is 10.0. The number of hydrogen-bond acceptors (Lipinski definition) is 3. The molecule has 1 atom stereocenters. The van der Waals surface area contributed by atoms with Crippen molar-refractivity contribution < 1.29 is 14.3 Å². The van der Waals surface area contributed by atoms with Crippen molar-refractivity contribution in [2.75, 3.05) is 14.2 Å². The van der Waals surface area contributed by atoms with Crippen molar-refractivity contribution in [3.63, 3.8) is 0 Å². The van der Waals surface area contributed by atoms with Crippen LogP contribution in [0.2, 0.25) is 0 Å². The van der Waals surface area contributed by atoms with Gasteiger partial charge in [0.25, 0.3) is 0 Å². The quantitative estimate of drug-likeness (QED) is 0.824. The summed E-state index contributed by atoms with van der Waals surface area (Å²) in [4.78, 5) is 12.5. The van der Waals surface area contributed by atoms with Crippen molar-refractivity contribution in [1.29, 1.82) is 0 Å². The Morgan fingerprint density at radius 3 is 2.12 bits per heavy atom. The molecule has 0 bridgehead atoms. The number of ether oxygens (including phenoxy) is 2. The van der Waals surface area contributed by atoms with E-state index in [0.717, 1.165) is 40.2 Å². The first kappa shape index (κ1) is 18.8. The third-order valence-electron chi connectivity index (χ3n) is 4.39. The van der Waals surface area contributed by atoms with Gasteiger partial charge in [-0.05, 0) is 54.7 Å². The molecule has 0 saturated heterocycles. The van der Waals surface area contributed by atoms with Crippen LogP contribution in [-0.4, -0.2) is 20.1 Å². The van der Waals surface area contributed by atoms with Gasteiger partial charge in [0.2, 0.25) is 5.91 Å². The normalized spacial score (nSPS) is 11.7. The van der Waals surface area contributed by atoms with Gasteiger partial charge in [-0.3, -0.25) is 4.79 Å². The summed E-state index contributed by atoms with van der Waals surface area (Å²) in [6.07, 6.45) is 1.19. The molecule has 0 spiro atoms. The minimum Gasteiger partial charge on any atom is -0.496 e. The average Bonchev–Trinajstić information content (AvgIpc) is 2.59. The molecular weight excluding hydrogens is 314 g/mol. The summed E-state index contributed by atoms with van der Waals surface area (Å²) < 4.78 is 10.6. The Morgan fingerprint density at radius 2 is 1.60 bits per heavy atom. The number of aryl methyl sites for hydroxylation is 2. The molecule has 2 aromatic rings. The van der Waals surface area contributed by atoms with E-state index in [9.17, 15) is 4.79 Å². The molecular formula is C21H27NO3. The summed E-state index contributed by atoms with van der Waals surface area (Å²) in [6, 6.07) is 11.9. The van der Waals surface area contributed by atoms with Crippen LogP contribution in [0.15, 0.2) is 36.4 Å². The number of methoxy groups -OCH3 is 2. The van der Waals surface area contributed by atoms with Crippen LogP contribution in [0.25, 0.3) is 0 Å². The summed E-state index contributed by atoms with van der Waals surface area (Å²) in [6.45, 7) is 6.06. The minimum absolute atomic E-state index is 0.00329. The molecule has 1 amide bonds. The van der Waals surface area contributed by atoms with Crippen molar-refractivity contribution in [2.24, 2.45) is 0 Å². The number of amides is 1. The van der Waals surface area contributed by atoms with Crippen LogP contribution < -0.4 is 14.8 Å². The zero-order valence-corrected chi connectivity index (χ0v) is 15.7. The molecule has 0 aliphatic rings. The van der Waals surface area contributed by atoms with Crippen LogP contribution in [-0.2, 0) is 11.2 Å². The first-order chi connectivity index (χ1) is 12.0. The van der Waals surface area contributed by atoms with Crippen LogP contribution in [0.5, 0.6) is 11.5 Å². The molecule has 0 aliphatic carbocycles. The van der Waals surface area contributed by atoms with Gasteiger partial charge in [-0.15, -0.1) is 0 Å². The van der Waals surface area contributed by atoms with Gasteiger partial charge in [-0.1, -0.05) is 31.2 Å². The molecule has 0 radical (unpaired) electrons. The van der Waals surface area contributed by atoms with Gasteiger partial charge in [0.15, 0.2) is 0 Å². The Hall–Kier alpha value is -2.49. The highest BCUT2D eigenvalue weighted by Crippen LogP contribution is 2.24. The van der Waals surface area contributed by atoms with Crippen molar-refractivity contribution in [2.45, 2.75) is 39.7 Å². The Labute approximate surface area is 150 Å². The van der Waals surface area contributed by atoms with Gasteiger partial charge < -0.3 is 14.8 Å². The van der Waals surface area contributed by atoms with Crippen molar-refractivity contribution in [1.82, 2.24) is 5.32 Å². The summed E-state index contributed by atoms with van der Waals surface area (Å²) in [7, 11) is 3.31. The summed E-state index contributed by atoms with van der Waals surface area (Å²) in [5.41, 5.74) is 4.18. The third kappa shape index (κ3) is 4.75. The Kier molecular flexibility index (Phi) is 6.45. The number of hydrogen-bond donors (Lipinski definition) is 1. The number of nitrogens with one attached hydrogen (secondary N) is 1. The van der Waals surface area contributed by atoms with Gasteiger partial charge in [0.1, 0.15) is 11.5 Å². The van der Waals surface area contributed by atoms with E-state index in [2.05, 4.69) is 18.3 Å². The van der Waals surface area contributed by atoms with Crippen LogP contribution in [0.4, 0.5) is 0 Å².